The van der Waals surface area contributed by atoms with Crippen molar-refractivity contribution >= 4 is 27.5 Å². The van der Waals surface area contributed by atoms with Gasteiger partial charge in [0, 0.05) is 17.6 Å². The lowest BCUT2D eigenvalue weighted by molar-refractivity contribution is -0.135. The minimum Gasteiger partial charge on any atom is -0.336 e. The number of aromatic nitrogens is 3. The fraction of sp³-hybridized carbons (Fsp3) is 0.400. The van der Waals surface area contributed by atoms with Crippen molar-refractivity contribution in [3.8, 4) is 11.3 Å². The predicted molar refractivity (Wildman–Crippen MR) is 109 cm³/mol. The molecule has 0 saturated carbocycles. The Bertz CT molecular complexity index is 1060. The summed E-state index contributed by atoms with van der Waals surface area (Å²) < 4.78 is 15.1. The molecule has 6 nitrogen and oxygen atoms in total. The Balaban J connectivity index is 2.13. The van der Waals surface area contributed by atoms with Crippen LogP contribution in [0.25, 0.3) is 21.5 Å². The highest BCUT2D eigenvalue weighted by Gasteiger charge is 2.23. The van der Waals surface area contributed by atoms with Crippen LogP contribution in [0.2, 0.25) is 0 Å². The van der Waals surface area contributed by atoms with Crippen LogP contribution in [0.15, 0.2) is 29.1 Å². The van der Waals surface area contributed by atoms with Crippen LogP contribution in [-0.4, -0.2) is 37.7 Å². The number of carbonyl (C=O) groups is 1. The standard InChI is InChI=1S/C20H23FN4O2S/c1-11(2)25(12(3)4)16(26)10-24-20(27)18-19(28-13(5)22-18)17(23-24)14-6-8-15(21)9-7-14/h6-9,11-12H,10H2,1-5H3. The summed E-state index contributed by atoms with van der Waals surface area (Å²) in [5.41, 5.74) is 1.07. The van der Waals surface area contributed by atoms with Crippen LogP contribution in [-0.2, 0) is 11.3 Å². The van der Waals surface area contributed by atoms with Gasteiger partial charge in [0.05, 0.1) is 9.71 Å². The number of halogens is 1. The molecule has 8 heteroatoms. The van der Waals surface area contributed by atoms with E-state index in [9.17, 15) is 14.0 Å². The van der Waals surface area contributed by atoms with Gasteiger partial charge in [-0.25, -0.2) is 14.1 Å². The summed E-state index contributed by atoms with van der Waals surface area (Å²) in [7, 11) is 0. The number of amides is 1. The van der Waals surface area contributed by atoms with E-state index in [1.807, 2.05) is 34.6 Å². The van der Waals surface area contributed by atoms with E-state index in [1.54, 1.807) is 17.0 Å². The predicted octanol–water partition coefficient (Wildman–Crippen LogP) is 3.61. The Morgan fingerprint density at radius 3 is 2.36 bits per heavy atom. The second-order valence-electron chi connectivity index (χ2n) is 7.22. The first kappa shape index (κ1) is 20.1. The maximum absolute atomic E-state index is 13.3. The SMILES string of the molecule is Cc1nc2c(=O)n(CC(=O)N(C(C)C)C(C)C)nc(-c3ccc(F)cc3)c2s1. The van der Waals surface area contributed by atoms with Gasteiger partial charge < -0.3 is 4.90 Å². The highest BCUT2D eigenvalue weighted by Crippen LogP contribution is 2.29. The Morgan fingerprint density at radius 1 is 1.18 bits per heavy atom. The van der Waals surface area contributed by atoms with Crippen molar-refractivity contribution in [1.29, 1.82) is 0 Å². The Morgan fingerprint density at radius 2 is 1.79 bits per heavy atom. The number of thiazole rings is 1. The third-order valence-corrected chi connectivity index (χ3v) is 5.39. The quantitative estimate of drug-likeness (QED) is 0.654. The summed E-state index contributed by atoms with van der Waals surface area (Å²) in [6, 6.07) is 5.91. The number of hydrogen-bond donors (Lipinski definition) is 0. The molecule has 0 aliphatic heterocycles. The van der Waals surface area contributed by atoms with Crippen molar-refractivity contribution < 1.29 is 9.18 Å². The summed E-state index contributed by atoms with van der Waals surface area (Å²) in [5.74, 6) is -0.538. The lowest BCUT2D eigenvalue weighted by atomic mass is 10.1. The second kappa shape index (κ2) is 7.79. The molecule has 0 saturated heterocycles. The van der Waals surface area contributed by atoms with Crippen LogP contribution in [0.3, 0.4) is 0 Å². The average molecular weight is 402 g/mol. The molecule has 0 radical (unpaired) electrons. The summed E-state index contributed by atoms with van der Waals surface area (Å²) in [4.78, 5) is 31.8. The maximum atomic E-state index is 13.3. The number of hydrogen-bond acceptors (Lipinski definition) is 5. The molecule has 2 heterocycles. The molecule has 0 aliphatic carbocycles. The number of fused-ring (bicyclic) bond motifs is 1. The minimum absolute atomic E-state index is 0.00465. The van der Waals surface area contributed by atoms with Crippen molar-refractivity contribution in [3.63, 3.8) is 0 Å². The minimum atomic E-state index is -0.397. The van der Waals surface area contributed by atoms with Gasteiger partial charge in [0.15, 0.2) is 5.52 Å². The van der Waals surface area contributed by atoms with Gasteiger partial charge in [-0.1, -0.05) is 0 Å². The molecule has 3 rings (SSSR count). The van der Waals surface area contributed by atoms with Gasteiger partial charge in [-0.2, -0.15) is 5.10 Å². The largest absolute Gasteiger partial charge is 0.336 e. The van der Waals surface area contributed by atoms with Gasteiger partial charge in [-0.05, 0) is 58.9 Å². The summed E-state index contributed by atoms with van der Waals surface area (Å²) in [6.07, 6.45) is 0. The van der Waals surface area contributed by atoms with E-state index in [4.69, 9.17) is 0 Å². The molecule has 0 aliphatic rings. The lowest BCUT2D eigenvalue weighted by Crippen LogP contribution is -2.45. The zero-order valence-electron chi connectivity index (χ0n) is 16.6. The van der Waals surface area contributed by atoms with Crippen LogP contribution < -0.4 is 5.56 Å². The molecule has 0 atom stereocenters. The first-order chi connectivity index (χ1) is 13.2. The van der Waals surface area contributed by atoms with Gasteiger partial charge >= 0.3 is 0 Å². The molecule has 0 N–H and O–H groups in total. The molecule has 148 valence electrons. The van der Waals surface area contributed by atoms with E-state index in [1.165, 1.54) is 28.2 Å². The van der Waals surface area contributed by atoms with Crippen molar-refractivity contribution in [2.45, 2.75) is 53.2 Å². The van der Waals surface area contributed by atoms with Gasteiger partial charge in [0.1, 0.15) is 18.1 Å². The maximum Gasteiger partial charge on any atom is 0.294 e. The molecule has 1 aromatic carbocycles. The molecule has 0 unspecified atom stereocenters. The fourth-order valence-electron chi connectivity index (χ4n) is 3.35. The number of nitrogens with zero attached hydrogens (tertiary/aromatic N) is 4. The zero-order valence-corrected chi connectivity index (χ0v) is 17.4. The van der Waals surface area contributed by atoms with Gasteiger partial charge in [-0.3, -0.25) is 9.59 Å². The van der Waals surface area contributed by atoms with Crippen LogP contribution in [0.1, 0.15) is 32.7 Å². The zero-order chi connectivity index (χ0) is 20.6. The molecule has 3 aromatic rings. The second-order valence-corrected chi connectivity index (χ2v) is 8.42. The molecule has 28 heavy (non-hydrogen) atoms. The van der Waals surface area contributed by atoms with E-state index < -0.39 is 5.56 Å². The van der Waals surface area contributed by atoms with Crippen LogP contribution in [0.4, 0.5) is 4.39 Å². The molecule has 0 fully saturated rings. The van der Waals surface area contributed by atoms with Gasteiger partial charge in [0.25, 0.3) is 5.56 Å². The molecular formula is C20H23FN4O2S. The Kier molecular flexibility index (Phi) is 5.60. The van der Waals surface area contributed by atoms with Crippen molar-refractivity contribution in [3.05, 3.63) is 45.4 Å². The van der Waals surface area contributed by atoms with Crippen LogP contribution in [0.5, 0.6) is 0 Å². The molecule has 0 bridgehead atoms. The van der Waals surface area contributed by atoms with E-state index in [-0.39, 0.29) is 35.9 Å². The van der Waals surface area contributed by atoms with Gasteiger partial charge in [0.2, 0.25) is 5.91 Å². The summed E-state index contributed by atoms with van der Waals surface area (Å²) >= 11 is 1.36. The van der Waals surface area contributed by atoms with Crippen molar-refractivity contribution in [2.75, 3.05) is 0 Å². The van der Waals surface area contributed by atoms with E-state index >= 15 is 0 Å². The molecule has 1 amide bonds. The number of rotatable bonds is 5. The highest BCUT2D eigenvalue weighted by atomic mass is 32.1. The third kappa shape index (κ3) is 3.82. The molecule has 2 aromatic heterocycles. The lowest BCUT2D eigenvalue weighted by Gasteiger charge is -2.30. The fourth-order valence-corrected chi connectivity index (χ4v) is 4.27. The third-order valence-electron chi connectivity index (χ3n) is 4.41. The van der Waals surface area contributed by atoms with Crippen LogP contribution >= 0.6 is 11.3 Å². The van der Waals surface area contributed by atoms with E-state index in [0.717, 1.165) is 5.01 Å². The Labute approximate surface area is 166 Å². The smallest absolute Gasteiger partial charge is 0.294 e. The topological polar surface area (TPSA) is 68.1 Å². The molecule has 0 spiro atoms. The van der Waals surface area contributed by atoms with Crippen molar-refractivity contribution in [2.24, 2.45) is 0 Å². The first-order valence-corrected chi connectivity index (χ1v) is 9.96. The highest BCUT2D eigenvalue weighted by molar-refractivity contribution is 7.19. The van der Waals surface area contributed by atoms with E-state index in [2.05, 4.69) is 10.1 Å². The average Bonchev–Trinajstić information content (AvgIpc) is 2.99. The number of benzene rings is 1. The van der Waals surface area contributed by atoms with Crippen LogP contribution in [0, 0.1) is 12.7 Å². The summed E-state index contributed by atoms with van der Waals surface area (Å²) in [6.45, 7) is 9.38. The number of aryl methyl sites for hydroxylation is 1. The molecular weight excluding hydrogens is 379 g/mol. The summed E-state index contributed by atoms with van der Waals surface area (Å²) in [5, 5.41) is 5.19. The monoisotopic (exact) mass is 402 g/mol. The Hall–Kier alpha value is -2.61. The van der Waals surface area contributed by atoms with Crippen molar-refractivity contribution in [1.82, 2.24) is 19.7 Å². The normalized spacial score (nSPS) is 11.6. The van der Waals surface area contributed by atoms with E-state index in [0.29, 0.717) is 16.0 Å². The van der Waals surface area contributed by atoms with Gasteiger partial charge in [-0.15, -0.1) is 11.3 Å². The first-order valence-electron chi connectivity index (χ1n) is 9.14. The number of carbonyl (C=O) groups excluding carboxylic acids is 1.